The quantitative estimate of drug-likeness (QED) is 0.610. The third-order valence-electron chi connectivity index (χ3n) is 2.52. The molecule has 0 unspecified atom stereocenters. The summed E-state index contributed by atoms with van der Waals surface area (Å²) < 4.78 is 0. The van der Waals surface area contributed by atoms with Crippen molar-refractivity contribution in [2.75, 3.05) is 0 Å². The van der Waals surface area contributed by atoms with Gasteiger partial charge in [0.05, 0.1) is 0 Å². The predicted octanol–water partition coefficient (Wildman–Crippen LogP) is 3.38. The number of hydrogen-bond acceptors (Lipinski definition) is 1. The van der Waals surface area contributed by atoms with Crippen molar-refractivity contribution in [3.8, 4) is 0 Å². The van der Waals surface area contributed by atoms with E-state index < -0.39 is 0 Å². The molecule has 0 radical (unpaired) electrons. The van der Waals surface area contributed by atoms with Crippen LogP contribution in [0.15, 0.2) is 24.3 Å². The van der Waals surface area contributed by atoms with Crippen molar-refractivity contribution in [3.63, 3.8) is 0 Å². The average molecular weight is 188 g/mol. The van der Waals surface area contributed by atoms with Gasteiger partial charge in [0.2, 0.25) is 0 Å². The molecule has 0 saturated heterocycles. The molecule has 2 aliphatic carbocycles. The van der Waals surface area contributed by atoms with E-state index in [9.17, 15) is 4.79 Å². The summed E-state index contributed by atoms with van der Waals surface area (Å²) in [6.45, 7) is 0. The van der Waals surface area contributed by atoms with Crippen molar-refractivity contribution in [2.45, 2.75) is 38.5 Å². The van der Waals surface area contributed by atoms with Crippen LogP contribution in [0.3, 0.4) is 0 Å². The number of hydrogen-bond donors (Lipinski definition) is 0. The summed E-state index contributed by atoms with van der Waals surface area (Å²) in [6, 6.07) is 7.91. The van der Waals surface area contributed by atoms with Crippen LogP contribution in [-0.2, 0) is 6.42 Å². The molecule has 1 aromatic rings. The Morgan fingerprint density at radius 3 is 2.21 bits per heavy atom. The molecule has 0 heterocycles. The van der Waals surface area contributed by atoms with E-state index in [4.69, 9.17) is 0 Å². The molecule has 0 atom stereocenters. The molecule has 1 saturated carbocycles. The van der Waals surface area contributed by atoms with Crippen LogP contribution in [0.1, 0.15) is 48.0 Å². The maximum Gasteiger partial charge on any atom is 0.163 e. The fourth-order valence-electron chi connectivity index (χ4n) is 1.58. The lowest BCUT2D eigenvalue weighted by molar-refractivity contribution is 0.0972. The number of Topliss-reactive ketones (excluding diaryl/α,β-unsaturated/α-hetero) is 1. The van der Waals surface area contributed by atoms with Crippen LogP contribution in [0.5, 0.6) is 0 Å². The molecule has 0 aromatic heterocycles. The van der Waals surface area contributed by atoms with E-state index in [1.807, 2.05) is 24.3 Å². The SMILES string of the molecule is C1CC1.O=C1CCCc2ccccc21. The summed E-state index contributed by atoms with van der Waals surface area (Å²) in [7, 11) is 0. The summed E-state index contributed by atoms with van der Waals surface area (Å²) in [5, 5.41) is 0. The van der Waals surface area contributed by atoms with Crippen LogP contribution in [0.25, 0.3) is 0 Å². The second-order valence-electron chi connectivity index (χ2n) is 3.99. The first-order valence-electron chi connectivity index (χ1n) is 5.49. The van der Waals surface area contributed by atoms with Crippen molar-refractivity contribution in [2.24, 2.45) is 0 Å². The Morgan fingerprint density at radius 2 is 1.57 bits per heavy atom. The Labute approximate surface area is 85.1 Å². The molecule has 1 aromatic carbocycles. The molecule has 0 amide bonds. The highest BCUT2D eigenvalue weighted by Gasteiger charge is 2.14. The maximum atomic E-state index is 11.3. The molecular formula is C13H16O. The monoisotopic (exact) mass is 188 g/mol. The largest absolute Gasteiger partial charge is 0.294 e. The van der Waals surface area contributed by atoms with Gasteiger partial charge in [-0.05, 0) is 18.4 Å². The van der Waals surface area contributed by atoms with Crippen molar-refractivity contribution in [1.82, 2.24) is 0 Å². The lowest BCUT2D eigenvalue weighted by Gasteiger charge is -2.12. The first kappa shape index (κ1) is 9.45. The smallest absolute Gasteiger partial charge is 0.163 e. The zero-order chi connectivity index (χ0) is 9.80. The van der Waals surface area contributed by atoms with E-state index in [1.54, 1.807) is 0 Å². The van der Waals surface area contributed by atoms with Gasteiger partial charge in [-0.3, -0.25) is 4.79 Å². The Balaban J connectivity index is 0.000000214. The number of carbonyl (C=O) groups excluding carboxylic acids is 1. The molecule has 0 bridgehead atoms. The van der Waals surface area contributed by atoms with E-state index in [0.29, 0.717) is 5.78 Å². The normalized spacial score (nSPS) is 17.9. The number of fused-ring (bicyclic) bond motifs is 1. The minimum absolute atomic E-state index is 0.312. The zero-order valence-electron chi connectivity index (χ0n) is 8.46. The maximum absolute atomic E-state index is 11.3. The van der Waals surface area contributed by atoms with Crippen LogP contribution >= 0.6 is 0 Å². The third kappa shape index (κ3) is 2.44. The van der Waals surface area contributed by atoms with Gasteiger partial charge in [0.1, 0.15) is 0 Å². The van der Waals surface area contributed by atoms with Gasteiger partial charge in [0.25, 0.3) is 0 Å². The highest BCUT2D eigenvalue weighted by Crippen LogP contribution is 2.19. The summed E-state index contributed by atoms with van der Waals surface area (Å²) in [5.41, 5.74) is 2.17. The minimum atomic E-state index is 0.312. The van der Waals surface area contributed by atoms with Gasteiger partial charge in [-0.1, -0.05) is 43.5 Å². The first-order valence-corrected chi connectivity index (χ1v) is 5.49. The van der Waals surface area contributed by atoms with Crippen molar-refractivity contribution < 1.29 is 4.79 Å². The lowest BCUT2D eigenvalue weighted by Crippen LogP contribution is -2.09. The molecule has 0 aliphatic heterocycles. The highest BCUT2D eigenvalue weighted by atomic mass is 16.1. The van der Waals surface area contributed by atoms with E-state index in [2.05, 4.69) is 0 Å². The third-order valence-corrected chi connectivity index (χ3v) is 2.52. The Morgan fingerprint density at radius 1 is 0.857 bits per heavy atom. The fraction of sp³-hybridized carbons (Fsp3) is 0.462. The predicted molar refractivity (Wildman–Crippen MR) is 57.6 cm³/mol. The molecule has 1 heteroatoms. The van der Waals surface area contributed by atoms with Gasteiger partial charge in [0, 0.05) is 12.0 Å². The van der Waals surface area contributed by atoms with E-state index in [1.165, 1.54) is 24.8 Å². The summed E-state index contributed by atoms with van der Waals surface area (Å²) >= 11 is 0. The Bertz CT molecular complexity index is 323. The van der Waals surface area contributed by atoms with Gasteiger partial charge < -0.3 is 0 Å². The van der Waals surface area contributed by atoms with Gasteiger partial charge >= 0.3 is 0 Å². The average Bonchev–Trinajstić information content (AvgIpc) is 3.05. The van der Waals surface area contributed by atoms with Crippen molar-refractivity contribution >= 4 is 5.78 Å². The van der Waals surface area contributed by atoms with Crippen LogP contribution in [0.4, 0.5) is 0 Å². The highest BCUT2D eigenvalue weighted by molar-refractivity contribution is 5.98. The van der Waals surface area contributed by atoms with E-state index in [-0.39, 0.29) is 0 Å². The Kier molecular flexibility index (Phi) is 2.97. The van der Waals surface area contributed by atoms with Gasteiger partial charge in [-0.2, -0.15) is 0 Å². The van der Waals surface area contributed by atoms with Gasteiger partial charge in [-0.25, -0.2) is 0 Å². The van der Waals surface area contributed by atoms with Crippen LogP contribution in [-0.4, -0.2) is 5.78 Å². The second kappa shape index (κ2) is 4.41. The number of carbonyl (C=O) groups is 1. The first-order chi connectivity index (χ1) is 6.88. The molecule has 3 rings (SSSR count). The standard InChI is InChI=1S/C10H10O.C3H6/c11-10-7-3-5-8-4-1-2-6-9(8)10;1-2-3-1/h1-2,4,6H,3,5,7H2;1-3H2. The molecule has 0 N–H and O–H groups in total. The summed E-state index contributed by atoms with van der Waals surface area (Å²) in [5.74, 6) is 0.312. The molecular weight excluding hydrogens is 172 g/mol. The van der Waals surface area contributed by atoms with Gasteiger partial charge in [0.15, 0.2) is 5.78 Å². The van der Waals surface area contributed by atoms with E-state index >= 15 is 0 Å². The number of ketones is 1. The molecule has 14 heavy (non-hydrogen) atoms. The van der Waals surface area contributed by atoms with Crippen LogP contribution in [0, 0.1) is 0 Å². The van der Waals surface area contributed by atoms with Gasteiger partial charge in [-0.15, -0.1) is 0 Å². The molecule has 74 valence electrons. The minimum Gasteiger partial charge on any atom is -0.294 e. The summed E-state index contributed by atoms with van der Waals surface area (Å²) in [6.07, 6.45) is 7.33. The number of aryl methyl sites for hydroxylation is 1. The number of benzene rings is 1. The van der Waals surface area contributed by atoms with Crippen LogP contribution < -0.4 is 0 Å². The fourth-order valence-corrected chi connectivity index (χ4v) is 1.58. The molecule has 0 spiro atoms. The van der Waals surface area contributed by atoms with Crippen LogP contribution in [0.2, 0.25) is 0 Å². The second-order valence-corrected chi connectivity index (χ2v) is 3.99. The van der Waals surface area contributed by atoms with E-state index in [0.717, 1.165) is 24.8 Å². The Hall–Kier alpha value is -1.11. The molecule has 1 fully saturated rings. The zero-order valence-corrected chi connectivity index (χ0v) is 8.46. The topological polar surface area (TPSA) is 17.1 Å². The van der Waals surface area contributed by atoms with Crippen molar-refractivity contribution in [3.05, 3.63) is 35.4 Å². The van der Waals surface area contributed by atoms with Crippen molar-refractivity contribution in [1.29, 1.82) is 0 Å². The summed E-state index contributed by atoms with van der Waals surface area (Å²) in [4.78, 5) is 11.3. The molecule has 2 aliphatic rings. The molecule has 1 nitrogen and oxygen atoms in total. The lowest BCUT2D eigenvalue weighted by atomic mass is 9.91. The number of rotatable bonds is 0.